The zero-order valence-electron chi connectivity index (χ0n) is 15.9. The van der Waals surface area contributed by atoms with E-state index >= 15 is 0 Å². The van der Waals surface area contributed by atoms with Crippen LogP contribution in [0.15, 0.2) is 60.9 Å². The first-order chi connectivity index (χ1) is 14.1. The number of amides is 1. The Morgan fingerprint density at radius 2 is 1.79 bits per heavy atom. The van der Waals surface area contributed by atoms with Gasteiger partial charge in [0.2, 0.25) is 5.91 Å². The topological polar surface area (TPSA) is 46.1 Å². The molecule has 1 aliphatic heterocycles. The Morgan fingerprint density at radius 3 is 2.59 bits per heavy atom. The van der Waals surface area contributed by atoms with Crippen molar-refractivity contribution in [3.8, 4) is 11.3 Å². The van der Waals surface area contributed by atoms with Crippen molar-refractivity contribution in [1.82, 2.24) is 14.9 Å². The van der Waals surface area contributed by atoms with Crippen molar-refractivity contribution in [2.75, 3.05) is 13.1 Å². The number of rotatable bonds is 4. The molecule has 0 unspecified atom stereocenters. The third-order valence-electron chi connectivity index (χ3n) is 5.28. The standard InChI is InChI=1S/C23H21F2N3O/c24-18-9-7-16(8-10-18)14-21(29)28-13-3-4-17(15-28)22-23(27-12-11-26-22)19-5-1-2-6-20(19)25/h1-2,5-12,17H,3-4,13-15H2/t17-/m0/s1. The van der Waals surface area contributed by atoms with Gasteiger partial charge in [-0.15, -0.1) is 0 Å². The molecule has 3 aromatic rings. The van der Waals surface area contributed by atoms with Crippen LogP contribution in [0.4, 0.5) is 8.78 Å². The van der Waals surface area contributed by atoms with E-state index in [0.29, 0.717) is 24.3 Å². The van der Waals surface area contributed by atoms with Crippen molar-refractivity contribution in [2.24, 2.45) is 0 Å². The van der Waals surface area contributed by atoms with Crippen molar-refractivity contribution in [3.63, 3.8) is 0 Å². The summed E-state index contributed by atoms with van der Waals surface area (Å²) in [4.78, 5) is 23.5. The molecule has 29 heavy (non-hydrogen) atoms. The fourth-order valence-electron chi connectivity index (χ4n) is 3.82. The van der Waals surface area contributed by atoms with Gasteiger partial charge in [-0.2, -0.15) is 0 Å². The van der Waals surface area contributed by atoms with Crippen LogP contribution in [0, 0.1) is 11.6 Å². The summed E-state index contributed by atoms with van der Waals surface area (Å²) in [6.07, 6.45) is 5.10. The SMILES string of the molecule is O=C(Cc1ccc(F)cc1)N1CCC[C@H](c2nccnc2-c2ccccc2F)C1. The van der Waals surface area contributed by atoms with Crippen LogP contribution in [0.5, 0.6) is 0 Å². The summed E-state index contributed by atoms with van der Waals surface area (Å²) in [5.74, 6) is -0.668. The van der Waals surface area contributed by atoms with Gasteiger partial charge in [0, 0.05) is 37.0 Å². The second-order valence-corrected chi connectivity index (χ2v) is 7.25. The van der Waals surface area contributed by atoms with E-state index in [-0.39, 0.29) is 29.9 Å². The molecule has 0 bridgehead atoms. The zero-order valence-corrected chi connectivity index (χ0v) is 15.9. The first-order valence-electron chi connectivity index (χ1n) is 9.70. The van der Waals surface area contributed by atoms with E-state index in [0.717, 1.165) is 24.1 Å². The molecule has 1 aliphatic rings. The summed E-state index contributed by atoms with van der Waals surface area (Å²) in [7, 11) is 0. The predicted octanol–water partition coefficient (Wildman–Crippen LogP) is 4.37. The van der Waals surface area contributed by atoms with Crippen molar-refractivity contribution < 1.29 is 13.6 Å². The Hall–Kier alpha value is -3.15. The van der Waals surface area contributed by atoms with Crippen LogP contribution in [-0.2, 0) is 11.2 Å². The molecule has 1 saturated heterocycles. The lowest BCUT2D eigenvalue weighted by Gasteiger charge is -2.33. The number of piperidine rings is 1. The molecule has 1 fully saturated rings. The first-order valence-corrected chi connectivity index (χ1v) is 9.70. The summed E-state index contributed by atoms with van der Waals surface area (Å²) in [5, 5.41) is 0. The number of likely N-dealkylation sites (tertiary alicyclic amines) is 1. The van der Waals surface area contributed by atoms with Gasteiger partial charge in [0.25, 0.3) is 0 Å². The van der Waals surface area contributed by atoms with Gasteiger partial charge in [-0.3, -0.25) is 14.8 Å². The second kappa shape index (κ2) is 8.47. The number of hydrogen-bond acceptors (Lipinski definition) is 3. The number of benzene rings is 2. The molecule has 0 spiro atoms. The number of hydrogen-bond donors (Lipinski definition) is 0. The van der Waals surface area contributed by atoms with Crippen molar-refractivity contribution in [2.45, 2.75) is 25.2 Å². The first kappa shape index (κ1) is 19.2. The molecule has 0 saturated carbocycles. The van der Waals surface area contributed by atoms with Gasteiger partial charge in [-0.1, -0.05) is 24.3 Å². The Balaban J connectivity index is 1.54. The monoisotopic (exact) mass is 393 g/mol. The highest BCUT2D eigenvalue weighted by Crippen LogP contribution is 2.32. The van der Waals surface area contributed by atoms with Gasteiger partial charge in [-0.05, 0) is 42.7 Å². The summed E-state index contributed by atoms with van der Waals surface area (Å²) in [5.41, 5.74) is 2.45. The molecular formula is C23H21F2N3O. The van der Waals surface area contributed by atoms with Crippen molar-refractivity contribution in [1.29, 1.82) is 0 Å². The molecule has 1 atom stereocenters. The quantitative estimate of drug-likeness (QED) is 0.661. The van der Waals surface area contributed by atoms with Crippen molar-refractivity contribution in [3.05, 3.63) is 83.8 Å². The van der Waals surface area contributed by atoms with Gasteiger partial charge in [0.05, 0.1) is 17.8 Å². The van der Waals surface area contributed by atoms with Gasteiger partial charge in [0.15, 0.2) is 0 Å². The molecule has 4 nitrogen and oxygen atoms in total. The third kappa shape index (κ3) is 4.31. The number of halogens is 2. The highest BCUT2D eigenvalue weighted by atomic mass is 19.1. The molecular weight excluding hydrogens is 372 g/mol. The summed E-state index contributed by atoms with van der Waals surface area (Å²) < 4.78 is 27.4. The molecule has 0 aliphatic carbocycles. The summed E-state index contributed by atoms with van der Waals surface area (Å²) in [6.45, 7) is 1.19. The van der Waals surface area contributed by atoms with Crippen LogP contribution < -0.4 is 0 Å². The molecule has 2 aromatic carbocycles. The normalized spacial score (nSPS) is 16.6. The largest absolute Gasteiger partial charge is 0.342 e. The van der Waals surface area contributed by atoms with Crippen molar-refractivity contribution >= 4 is 5.91 Å². The van der Waals surface area contributed by atoms with Gasteiger partial charge in [-0.25, -0.2) is 8.78 Å². The minimum Gasteiger partial charge on any atom is -0.342 e. The molecule has 1 amide bonds. The lowest BCUT2D eigenvalue weighted by molar-refractivity contribution is -0.131. The molecule has 0 radical (unpaired) electrons. The molecule has 148 valence electrons. The maximum absolute atomic E-state index is 14.3. The Bertz CT molecular complexity index is 1010. The number of carbonyl (C=O) groups excluding carboxylic acids is 1. The lowest BCUT2D eigenvalue weighted by Crippen LogP contribution is -2.40. The predicted molar refractivity (Wildman–Crippen MR) is 106 cm³/mol. The second-order valence-electron chi connectivity index (χ2n) is 7.25. The smallest absolute Gasteiger partial charge is 0.227 e. The highest BCUT2D eigenvalue weighted by Gasteiger charge is 2.28. The number of nitrogens with zero attached hydrogens (tertiary/aromatic N) is 3. The van der Waals surface area contributed by atoms with Crippen LogP contribution in [0.1, 0.15) is 30.0 Å². The third-order valence-corrected chi connectivity index (χ3v) is 5.28. The Morgan fingerprint density at radius 1 is 1.03 bits per heavy atom. The van der Waals surface area contributed by atoms with E-state index in [1.165, 1.54) is 18.2 Å². The Kier molecular flexibility index (Phi) is 5.60. The molecule has 1 aromatic heterocycles. The van der Waals surface area contributed by atoms with E-state index in [4.69, 9.17) is 0 Å². The number of carbonyl (C=O) groups is 1. The van der Waals surface area contributed by atoms with Crippen LogP contribution in [0.25, 0.3) is 11.3 Å². The van der Waals surface area contributed by atoms with Gasteiger partial charge < -0.3 is 4.90 Å². The Labute approximate surface area is 168 Å². The van der Waals surface area contributed by atoms with E-state index in [1.54, 1.807) is 42.7 Å². The maximum atomic E-state index is 14.3. The molecule has 6 heteroatoms. The van der Waals surface area contributed by atoms with Gasteiger partial charge in [0.1, 0.15) is 11.6 Å². The minimum absolute atomic E-state index is 0.00219. The maximum Gasteiger partial charge on any atom is 0.227 e. The average molecular weight is 393 g/mol. The van der Waals surface area contributed by atoms with E-state index in [1.807, 2.05) is 4.90 Å². The summed E-state index contributed by atoms with van der Waals surface area (Å²) >= 11 is 0. The molecule has 2 heterocycles. The molecule has 4 rings (SSSR count). The number of aromatic nitrogens is 2. The van der Waals surface area contributed by atoms with E-state index in [9.17, 15) is 13.6 Å². The van der Waals surface area contributed by atoms with Crippen LogP contribution in [-0.4, -0.2) is 33.9 Å². The van der Waals surface area contributed by atoms with E-state index in [2.05, 4.69) is 9.97 Å². The fraction of sp³-hybridized carbons (Fsp3) is 0.261. The van der Waals surface area contributed by atoms with Crippen LogP contribution >= 0.6 is 0 Å². The average Bonchev–Trinajstić information content (AvgIpc) is 2.76. The summed E-state index contributed by atoms with van der Waals surface area (Å²) in [6, 6.07) is 12.5. The zero-order chi connectivity index (χ0) is 20.2. The van der Waals surface area contributed by atoms with Crippen LogP contribution in [0.3, 0.4) is 0 Å². The fourth-order valence-corrected chi connectivity index (χ4v) is 3.82. The van der Waals surface area contributed by atoms with Crippen LogP contribution in [0.2, 0.25) is 0 Å². The van der Waals surface area contributed by atoms with Gasteiger partial charge >= 0.3 is 0 Å². The van der Waals surface area contributed by atoms with E-state index < -0.39 is 0 Å². The molecule has 0 N–H and O–H groups in total. The highest BCUT2D eigenvalue weighted by molar-refractivity contribution is 5.79. The minimum atomic E-state index is -0.339. The lowest BCUT2D eigenvalue weighted by atomic mass is 9.91.